The van der Waals surface area contributed by atoms with Crippen molar-refractivity contribution in [3.63, 3.8) is 0 Å². The fraction of sp³-hybridized carbons (Fsp3) is 0.294. The minimum absolute atomic E-state index is 0.244. The van der Waals surface area contributed by atoms with E-state index in [1.54, 1.807) is 13.0 Å². The number of carbonyl (C=O) groups excluding carboxylic acids is 1. The van der Waals surface area contributed by atoms with Crippen LogP contribution in [0.5, 0.6) is 11.5 Å². The van der Waals surface area contributed by atoms with Crippen LogP contribution in [-0.4, -0.2) is 17.3 Å². The molecule has 1 aliphatic rings. The second kappa shape index (κ2) is 5.52. The second-order valence-corrected chi connectivity index (χ2v) is 6.56. The molecule has 1 aliphatic heterocycles. The van der Waals surface area contributed by atoms with Crippen LogP contribution in [0.3, 0.4) is 0 Å². The molecule has 3 aromatic rings. The fourth-order valence-corrected chi connectivity index (χ4v) is 3.94. The van der Waals surface area contributed by atoms with Crippen molar-refractivity contribution in [1.29, 1.82) is 0 Å². The molecule has 7 heteroatoms. The number of nitrogens with zero attached hydrogens (tertiary/aromatic N) is 2. The molecule has 4 rings (SSSR count). The van der Waals surface area contributed by atoms with Crippen LogP contribution in [0, 0.1) is 13.8 Å². The van der Waals surface area contributed by atoms with Gasteiger partial charge in [0, 0.05) is 18.7 Å². The van der Waals surface area contributed by atoms with Crippen LogP contribution < -0.4 is 14.3 Å². The topological polar surface area (TPSA) is 66.0 Å². The minimum Gasteiger partial charge on any atom is -0.466 e. The van der Waals surface area contributed by atoms with Gasteiger partial charge < -0.3 is 18.5 Å². The Hall–Kier alpha value is -2.54. The van der Waals surface area contributed by atoms with E-state index in [9.17, 15) is 4.79 Å². The van der Waals surface area contributed by atoms with Gasteiger partial charge in [0.25, 0.3) is 5.91 Å². The van der Waals surface area contributed by atoms with Crippen LogP contribution in [0.15, 0.2) is 27.6 Å². The number of ether oxygens (including phenoxy) is 2. The Morgan fingerprint density at radius 3 is 2.67 bits per heavy atom. The number of hydrogen-bond acceptors (Lipinski definition) is 5. The average Bonchev–Trinajstić information content (AvgIpc) is 3.21. The zero-order chi connectivity index (χ0) is 16.8. The third-order valence-corrected chi connectivity index (χ3v) is 5.00. The average molecular weight is 344 g/mol. The molecule has 0 N–H and O–H groups in total. The van der Waals surface area contributed by atoms with Gasteiger partial charge in [0.1, 0.15) is 11.5 Å². The zero-order valence-electron chi connectivity index (χ0n) is 13.6. The van der Waals surface area contributed by atoms with Crippen molar-refractivity contribution in [2.75, 3.05) is 6.79 Å². The summed E-state index contributed by atoms with van der Waals surface area (Å²) in [6, 6.07) is 5.60. The molecule has 24 heavy (non-hydrogen) atoms. The maximum atomic E-state index is 12.5. The van der Waals surface area contributed by atoms with Gasteiger partial charge in [-0.2, -0.15) is 4.99 Å². The number of aryl methyl sites for hydroxylation is 3. The minimum atomic E-state index is -0.293. The van der Waals surface area contributed by atoms with E-state index in [0.29, 0.717) is 28.4 Å². The van der Waals surface area contributed by atoms with Crippen LogP contribution >= 0.6 is 11.3 Å². The van der Waals surface area contributed by atoms with E-state index in [1.165, 1.54) is 11.3 Å². The number of carbonyl (C=O) groups is 1. The maximum absolute atomic E-state index is 12.5. The van der Waals surface area contributed by atoms with Crippen LogP contribution in [0.25, 0.3) is 10.2 Å². The number of benzene rings is 1. The molecule has 0 unspecified atom stereocenters. The second-order valence-electron chi connectivity index (χ2n) is 5.55. The molecular formula is C17H16N2O4S. The molecule has 0 atom stereocenters. The highest BCUT2D eigenvalue weighted by Gasteiger charge is 2.18. The standard InChI is InChI=1S/C17H16N2O4S/c1-4-19-12-6-13-14(22-8-21-13)7-15(12)24-17(19)18-16(20)11-5-9(2)23-10(11)3/h5-7H,4,8H2,1-3H3. The quantitative estimate of drug-likeness (QED) is 0.715. The van der Waals surface area contributed by atoms with Gasteiger partial charge >= 0.3 is 0 Å². The van der Waals surface area contributed by atoms with Crippen molar-refractivity contribution in [3.05, 3.63) is 40.1 Å². The highest BCUT2D eigenvalue weighted by Crippen LogP contribution is 2.36. The Morgan fingerprint density at radius 2 is 2.00 bits per heavy atom. The Morgan fingerprint density at radius 1 is 1.25 bits per heavy atom. The summed E-state index contributed by atoms with van der Waals surface area (Å²) in [7, 11) is 0. The molecular weight excluding hydrogens is 328 g/mol. The third-order valence-electron chi connectivity index (χ3n) is 3.96. The Kier molecular flexibility index (Phi) is 3.45. The lowest BCUT2D eigenvalue weighted by atomic mass is 10.2. The maximum Gasteiger partial charge on any atom is 0.283 e. The molecule has 0 radical (unpaired) electrons. The van der Waals surface area contributed by atoms with Crippen molar-refractivity contribution < 1.29 is 18.7 Å². The van der Waals surface area contributed by atoms with Crippen molar-refractivity contribution in [1.82, 2.24) is 4.57 Å². The van der Waals surface area contributed by atoms with Crippen molar-refractivity contribution in [3.8, 4) is 11.5 Å². The fourth-order valence-electron chi connectivity index (χ4n) is 2.84. The molecule has 1 amide bonds. The van der Waals surface area contributed by atoms with E-state index >= 15 is 0 Å². The van der Waals surface area contributed by atoms with Gasteiger partial charge in [-0.25, -0.2) is 0 Å². The van der Waals surface area contributed by atoms with Gasteiger partial charge in [-0.1, -0.05) is 11.3 Å². The van der Waals surface area contributed by atoms with Gasteiger partial charge in [0.15, 0.2) is 16.3 Å². The first-order valence-corrected chi connectivity index (χ1v) is 8.47. The van der Waals surface area contributed by atoms with Crippen molar-refractivity contribution in [2.24, 2.45) is 4.99 Å². The Labute approximate surface area is 142 Å². The molecule has 0 aliphatic carbocycles. The van der Waals surface area contributed by atoms with E-state index in [-0.39, 0.29) is 12.7 Å². The van der Waals surface area contributed by atoms with Gasteiger partial charge in [0.2, 0.25) is 6.79 Å². The van der Waals surface area contributed by atoms with E-state index in [2.05, 4.69) is 4.99 Å². The van der Waals surface area contributed by atoms with Crippen molar-refractivity contribution in [2.45, 2.75) is 27.3 Å². The molecule has 1 aromatic carbocycles. The van der Waals surface area contributed by atoms with E-state index in [1.807, 2.05) is 30.5 Å². The summed E-state index contributed by atoms with van der Waals surface area (Å²) in [5.41, 5.74) is 1.49. The van der Waals surface area contributed by atoms with Gasteiger partial charge in [-0.15, -0.1) is 0 Å². The molecule has 0 saturated carbocycles. The summed E-state index contributed by atoms with van der Waals surface area (Å²) in [6.45, 7) is 6.56. The number of furan rings is 1. The summed E-state index contributed by atoms with van der Waals surface area (Å²) in [5, 5.41) is 0. The highest BCUT2D eigenvalue weighted by atomic mass is 32.1. The number of rotatable bonds is 2. The van der Waals surface area contributed by atoms with Gasteiger partial charge in [0.05, 0.1) is 15.8 Å². The molecule has 2 aromatic heterocycles. The molecule has 124 valence electrons. The summed E-state index contributed by atoms with van der Waals surface area (Å²) in [5.74, 6) is 2.45. The molecule has 6 nitrogen and oxygen atoms in total. The predicted octanol–water partition coefficient (Wildman–Crippen LogP) is 3.40. The lowest BCUT2D eigenvalue weighted by Crippen LogP contribution is -2.16. The summed E-state index contributed by atoms with van der Waals surface area (Å²) in [4.78, 5) is 17.5. The Balaban J connectivity index is 1.87. The summed E-state index contributed by atoms with van der Waals surface area (Å²) < 4.78 is 19.3. The number of hydrogen-bond donors (Lipinski definition) is 0. The Bertz CT molecular complexity index is 1030. The third kappa shape index (κ3) is 2.32. The molecule has 0 spiro atoms. The van der Waals surface area contributed by atoms with E-state index in [0.717, 1.165) is 21.7 Å². The monoisotopic (exact) mass is 344 g/mol. The molecule has 0 fully saturated rings. The predicted molar refractivity (Wildman–Crippen MR) is 89.7 cm³/mol. The smallest absolute Gasteiger partial charge is 0.283 e. The van der Waals surface area contributed by atoms with Gasteiger partial charge in [-0.3, -0.25) is 4.79 Å². The first-order valence-electron chi connectivity index (χ1n) is 7.66. The number of fused-ring (bicyclic) bond motifs is 2. The highest BCUT2D eigenvalue weighted by molar-refractivity contribution is 7.16. The number of aromatic nitrogens is 1. The number of thiazole rings is 1. The molecule has 0 saturated heterocycles. The number of amides is 1. The van der Waals surface area contributed by atoms with Crippen LogP contribution in [0.2, 0.25) is 0 Å². The van der Waals surface area contributed by atoms with Gasteiger partial charge in [-0.05, 0) is 26.8 Å². The largest absolute Gasteiger partial charge is 0.466 e. The lowest BCUT2D eigenvalue weighted by molar-refractivity contribution is 0.0996. The van der Waals surface area contributed by atoms with Crippen LogP contribution in [-0.2, 0) is 6.54 Å². The first-order chi connectivity index (χ1) is 11.6. The SMILES string of the molecule is CCn1c(=NC(=O)c2cc(C)oc2C)sc2cc3c(cc21)OCO3. The molecule has 3 heterocycles. The van der Waals surface area contributed by atoms with Crippen LogP contribution in [0.4, 0.5) is 0 Å². The van der Waals surface area contributed by atoms with Crippen molar-refractivity contribution >= 4 is 27.5 Å². The molecule has 0 bridgehead atoms. The summed E-state index contributed by atoms with van der Waals surface area (Å²) in [6.07, 6.45) is 0. The first kappa shape index (κ1) is 15.0. The van der Waals surface area contributed by atoms with E-state index in [4.69, 9.17) is 13.9 Å². The normalized spacial score (nSPS) is 13.9. The van der Waals surface area contributed by atoms with Crippen LogP contribution in [0.1, 0.15) is 28.8 Å². The lowest BCUT2D eigenvalue weighted by Gasteiger charge is -2.01. The summed E-state index contributed by atoms with van der Waals surface area (Å²) >= 11 is 1.46. The zero-order valence-corrected chi connectivity index (χ0v) is 14.4. The van der Waals surface area contributed by atoms with E-state index < -0.39 is 0 Å².